The number of amides is 1. The summed E-state index contributed by atoms with van der Waals surface area (Å²) in [4.78, 5) is 16.8. The van der Waals surface area contributed by atoms with Gasteiger partial charge in [-0.1, -0.05) is 43.8 Å². The molecule has 4 atom stereocenters. The van der Waals surface area contributed by atoms with Gasteiger partial charge in [0.05, 0.1) is 23.7 Å². The van der Waals surface area contributed by atoms with Crippen molar-refractivity contribution in [2.24, 2.45) is 11.3 Å². The number of aromatic nitrogens is 1. The Kier molecular flexibility index (Phi) is 5.02. The number of allylic oxidation sites excluding steroid dienone is 2. The topological polar surface area (TPSA) is 86.0 Å². The molecule has 0 radical (unpaired) electrons. The molecule has 2 N–H and O–H groups in total. The molecule has 1 aromatic heterocycles. The van der Waals surface area contributed by atoms with Gasteiger partial charge in [0.2, 0.25) is 0 Å². The first-order valence-corrected chi connectivity index (χ1v) is 10.3. The Balaban J connectivity index is 1.68. The van der Waals surface area contributed by atoms with Crippen LogP contribution in [0.2, 0.25) is 0 Å². The maximum absolute atomic E-state index is 14.7. The Morgan fingerprint density at radius 2 is 2.03 bits per heavy atom. The van der Waals surface area contributed by atoms with Crippen LogP contribution in [0.5, 0.6) is 0 Å². The predicted molar refractivity (Wildman–Crippen MR) is 116 cm³/mol. The Hall–Kier alpha value is -3.37. The zero-order valence-corrected chi connectivity index (χ0v) is 17.8. The molecule has 7 heteroatoms. The number of nitrogens with one attached hydrogen (secondary N) is 1. The maximum atomic E-state index is 14.7. The van der Waals surface area contributed by atoms with Crippen molar-refractivity contribution < 1.29 is 18.7 Å². The van der Waals surface area contributed by atoms with Crippen LogP contribution >= 0.6 is 0 Å². The molecule has 1 unspecified atom stereocenters. The molecular weight excluding hydrogens is 412 g/mol. The number of aliphatic hydroxyl groups is 1. The van der Waals surface area contributed by atoms with E-state index in [1.807, 2.05) is 12.1 Å². The number of benzene rings is 1. The van der Waals surface area contributed by atoms with Crippen molar-refractivity contribution in [2.75, 3.05) is 0 Å². The van der Waals surface area contributed by atoms with Crippen LogP contribution in [0.25, 0.3) is 17.2 Å². The average Bonchev–Trinajstić information content (AvgIpc) is 2.93. The summed E-state index contributed by atoms with van der Waals surface area (Å²) in [6, 6.07) is 12.3. The van der Waals surface area contributed by atoms with E-state index in [1.54, 1.807) is 56.5 Å². The van der Waals surface area contributed by atoms with Crippen LogP contribution in [0.15, 0.2) is 60.8 Å². The first-order valence-electron chi connectivity index (χ1n) is 10.3. The fourth-order valence-electron chi connectivity index (χ4n) is 4.90. The first-order chi connectivity index (χ1) is 15.0. The van der Waals surface area contributed by atoms with E-state index in [1.165, 1.54) is 0 Å². The summed E-state index contributed by atoms with van der Waals surface area (Å²) in [6.45, 7) is 6.97. The van der Waals surface area contributed by atoms with E-state index in [4.69, 9.17) is 0 Å². The van der Waals surface area contributed by atoms with Crippen molar-refractivity contribution in [2.45, 2.75) is 37.8 Å². The van der Waals surface area contributed by atoms with Crippen molar-refractivity contribution in [3.05, 3.63) is 72.1 Å². The lowest BCUT2D eigenvalue weighted by Crippen LogP contribution is -2.61. The van der Waals surface area contributed by atoms with Crippen LogP contribution in [0, 0.1) is 22.7 Å². The number of pyridine rings is 1. The summed E-state index contributed by atoms with van der Waals surface area (Å²) in [7, 11) is 0. The monoisotopic (exact) mass is 435 g/mol. The van der Waals surface area contributed by atoms with E-state index < -0.39 is 41.2 Å². The number of carbonyl (C=O) groups excluding carboxylic acids is 1. The Labute approximate surface area is 185 Å². The number of rotatable bonds is 3. The van der Waals surface area contributed by atoms with Gasteiger partial charge in [-0.25, -0.2) is 8.78 Å². The summed E-state index contributed by atoms with van der Waals surface area (Å²) in [6.07, 6.45) is 3.77. The lowest BCUT2D eigenvalue weighted by Gasteiger charge is -2.51. The molecule has 1 aliphatic carbocycles. The molecule has 1 saturated heterocycles. The van der Waals surface area contributed by atoms with Crippen LogP contribution in [-0.4, -0.2) is 33.6 Å². The number of hydrogen-bond acceptors (Lipinski definition) is 4. The lowest BCUT2D eigenvalue weighted by atomic mass is 9.55. The van der Waals surface area contributed by atoms with Crippen molar-refractivity contribution in [3.63, 3.8) is 0 Å². The molecule has 0 bridgehead atoms. The highest BCUT2D eigenvalue weighted by Gasteiger charge is 2.71. The van der Waals surface area contributed by atoms with Gasteiger partial charge in [0.15, 0.2) is 5.60 Å². The molecule has 0 spiro atoms. The van der Waals surface area contributed by atoms with E-state index in [0.717, 1.165) is 11.1 Å². The number of halogens is 2. The SMILES string of the molecule is C=C1[C@H](/C=C/c2ccc(-c3ccccc3C#N)cn2)[C@]2(C)[C@@H](C)NC(=O)C2(O)CC1(F)F. The molecule has 32 heavy (non-hydrogen) atoms. The molecule has 5 nitrogen and oxygen atoms in total. The van der Waals surface area contributed by atoms with Gasteiger partial charge in [-0.3, -0.25) is 9.78 Å². The van der Waals surface area contributed by atoms with E-state index in [-0.39, 0.29) is 5.57 Å². The Bertz CT molecular complexity index is 1170. The highest BCUT2D eigenvalue weighted by Crippen LogP contribution is 2.59. The largest absolute Gasteiger partial charge is 0.379 e. The summed E-state index contributed by atoms with van der Waals surface area (Å²) in [5, 5.41) is 22.9. The van der Waals surface area contributed by atoms with Crippen molar-refractivity contribution in [1.82, 2.24) is 10.3 Å². The third-order valence-corrected chi connectivity index (χ3v) is 7.09. The number of nitrogens with zero attached hydrogens (tertiary/aromatic N) is 2. The van der Waals surface area contributed by atoms with E-state index in [0.29, 0.717) is 11.3 Å². The van der Waals surface area contributed by atoms with E-state index in [2.05, 4.69) is 22.9 Å². The number of alkyl halides is 2. The molecular formula is C25H23F2N3O2. The van der Waals surface area contributed by atoms with E-state index in [9.17, 15) is 23.9 Å². The number of carbonyl (C=O) groups is 1. The molecule has 2 heterocycles. The minimum atomic E-state index is -3.39. The zero-order chi connectivity index (χ0) is 23.3. The smallest absolute Gasteiger partial charge is 0.272 e. The second kappa shape index (κ2) is 7.35. The molecule has 1 aromatic carbocycles. The average molecular weight is 435 g/mol. The second-order valence-electron chi connectivity index (χ2n) is 8.71. The van der Waals surface area contributed by atoms with Gasteiger partial charge in [0, 0.05) is 34.7 Å². The van der Waals surface area contributed by atoms with Gasteiger partial charge in [-0.2, -0.15) is 5.26 Å². The van der Waals surface area contributed by atoms with Gasteiger partial charge in [-0.15, -0.1) is 0 Å². The molecule has 2 aliphatic rings. The van der Waals surface area contributed by atoms with Crippen LogP contribution < -0.4 is 5.32 Å². The van der Waals surface area contributed by atoms with Crippen LogP contribution in [-0.2, 0) is 4.79 Å². The van der Waals surface area contributed by atoms with Gasteiger partial charge < -0.3 is 10.4 Å². The third-order valence-electron chi connectivity index (χ3n) is 7.09. The van der Waals surface area contributed by atoms with Gasteiger partial charge >= 0.3 is 0 Å². The number of fused-ring (bicyclic) bond motifs is 1. The summed E-state index contributed by atoms with van der Waals surface area (Å²) >= 11 is 0. The molecule has 1 amide bonds. The Morgan fingerprint density at radius 1 is 1.31 bits per heavy atom. The normalized spacial score (nSPS) is 31.2. The van der Waals surface area contributed by atoms with Crippen molar-refractivity contribution >= 4 is 12.0 Å². The van der Waals surface area contributed by atoms with E-state index >= 15 is 0 Å². The van der Waals surface area contributed by atoms with Gasteiger partial charge in [0.25, 0.3) is 11.8 Å². The number of nitriles is 1. The minimum Gasteiger partial charge on any atom is -0.379 e. The fraction of sp³-hybridized carbons (Fsp3) is 0.320. The molecule has 1 saturated carbocycles. The fourth-order valence-corrected chi connectivity index (χ4v) is 4.90. The molecule has 4 rings (SSSR count). The summed E-state index contributed by atoms with van der Waals surface area (Å²) in [5.41, 5.74) is -1.17. The van der Waals surface area contributed by atoms with Crippen LogP contribution in [0.3, 0.4) is 0 Å². The summed E-state index contributed by atoms with van der Waals surface area (Å²) in [5.74, 6) is -5.12. The maximum Gasteiger partial charge on any atom is 0.272 e. The van der Waals surface area contributed by atoms with Crippen LogP contribution in [0.4, 0.5) is 8.78 Å². The summed E-state index contributed by atoms with van der Waals surface area (Å²) < 4.78 is 29.4. The molecule has 2 aromatic rings. The molecule has 1 aliphatic heterocycles. The first kappa shape index (κ1) is 21.8. The standard InChI is InChI=1S/C25H23F2N3O2/c1-15-21(23(3)16(2)30-22(31)24(23,32)14-25(15,26)27)11-10-19-9-8-18(13-29-19)20-7-5-4-6-17(20)12-28/h4-11,13,16,21,32H,1,14H2,2-3H3,(H,30,31)/b11-10+/t16-,21+,23+,24?/m1/s1. The number of hydrogen-bond donors (Lipinski definition) is 2. The van der Waals surface area contributed by atoms with Gasteiger partial charge in [-0.05, 0) is 30.7 Å². The minimum absolute atomic E-state index is 0.330. The quantitative estimate of drug-likeness (QED) is 0.711. The Morgan fingerprint density at radius 3 is 2.69 bits per heavy atom. The molecule has 164 valence electrons. The highest BCUT2D eigenvalue weighted by atomic mass is 19.3. The predicted octanol–water partition coefficient (Wildman–Crippen LogP) is 4.10. The second-order valence-corrected chi connectivity index (χ2v) is 8.71. The lowest BCUT2D eigenvalue weighted by molar-refractivity contribution is -0.175. The van der Waals surface area contributed by atoms with Crippen molar-refractivity contribution in [1.29, 1.82) is 5.26 Å². The third kappa shape index (κ3) is 3.06. The zero-order valence-electron chi connectivity index (χ0n) is 17.8. The molecule has 2 fully saturated rings. The van der Waals surface area contributed by atoms with Crippen molar-refractivity contribution in [3.8, 4) is 17.2 Å². The van der Waals surface area contributed by atoms with Crippen LogP contribution in [0.1, 0.15) is 31.5 Å². The highest BCUT2D eigenvalue weighted by molar-refractivity contribution is 5.90. The van der Waals surface area contributed by atoms with Gasteiger partial charge in [0.1, 0.15) is 0 Å².